The number of nitrogens with two attached hydrogens (primary N) is 1. The first-order chi connectivity index (χ1) is 9.97. The van der Waals surface area contributed by atoms with Gasteiger partial charge in [-0.1, -0.05) is 11.6 Å². The Morgan fingerprint density at radius 1 is 1.38 bits per heavy atom. The summed E-state index contributed by atoms with van der Waals surface area (Å²) in [5.41, 5.74) is 6.47. The Morgan fingerprint density at radius 3 is 2.86 bits per heavy atom. The number of hydrogen-bond acceptors (Lipinski definition) is 3. The summed E-state index contributed by atoms with van der Waals surface area (Å²) in [5, 5.41) is 3.15. The predicted molar refractivity (Wildman–Crippen MR) is 87.5 cm³/mol. The highest BCUT2D eigenvalue weighted by Crippen LogP contribution is 2.22. The zero-order chi connectivity index (χ0) is 15.4. The monoisotopic (exact) mass is 369 g/mol. The molecule has 2 aromatic rings. The number of anilines is 2. The van der Waals surface area contributed by atoms with Crippen LogP contribution in [0, 0.1) is 0 Å². The van der Waals surface area contributed by atoms with Crippen molar-refractivity contribution < 1.29 is 4.79 Å². The second-order valence-electron chi connectivity index (χ2n) is 4.39. The molecule has 0 fully saturated rings. The number of aromatic nitrogens is 1. The normalized spacial score (nSPS) is 10.4. The maximum atomic E-state index is 11.9. The third kappa shape index (κ3) is 4.09. The third-order valence-electron chi connectivity index (χ3n) is 2.83. The van der Waals surface area contributed by atoms with Crippen molar-refractivity contribution in [1.82, 2.24) is 4.57 Å². The van der Waals surface area contributed by atoms with Crippen molar-refractivity contribution in [1.29, 1.82) is 0 Å². The van der Waals surface area contributed by atoms with Gasteiger partial charge in [0.15, 0.2) is 0 Å². The first-order valence-electron chi connectivity index (χ1n) is 6.17. The van der Waals surface area contributed by atoms with Crippen LogP contribution in [0.3, 0.4) is 0 Å². The van der Waals surface area contributed by atoms with E-state index in [9.17, 15) is 9.59 Å². The van der Waals surface area contributed by atoms with Crippen molar-refractivity contribution in [2.24, 2.45) is 0 Å². The first kappa shape index (κ1) is 15.6. The molecular weight excluding hydrogens is 358 g/mol. The van der Waals surface area contributed by atoms with E-state index in [1.807, 2.05) is 0 Å². The lowest BCUT2D eigenvalue weighted by molar-refractivity contribution is -0.116. The molecule has 1 heterocycles. The number of benzene rings is 1. The Labute approximate surface area is 134 Å². The zero-order valence-corrected chi connectivity index (χ0v) is 13.3. The van der Waals surface area contributed by atoms with Crippen LogP contribution in [0.15, 0.2) is 45.8 Å². The summed E-state index contributed by atoms with van der Waals surface area (Å²) in [7, 11) is 0. The molecule has 1 aromatic carbocycles. The number of aryl methyl sites for hydroxylation is 1. The van der Waals surface area contributed by atoms with Gasteiger partial charge in [0.25, 0.3) is 5.56 Å². The van der Waals surface area contributed by atoms with Gasteiger partial charge in [-0.3, -0.25) is 9.59 Å². The Bertz CT molecular complexity index is 730. The molecule has 7 heteroatoms. The fourth-order valence-electron chi connectivity index (χ4n) is 1.75. The average molecular weight is 371 g/mol. The van der Waals surface area contributed by atoms with Crippen LogP contribution in [0.4, 0.5) is 11.4 Å². The second kappa shape index (κ2) is 6.78. The van der Waals surface area contributed by atoms with Crippen molar-refractivity contribution in [2.75, 3.05) is 11.1 Å². The molecule has 21 heavy (non-hydrogen) atoms. The number of nitrogens with zero attached hydrogens (tertiary/aromatic N) is 1. The van der Waals surface area contributed by atoms with Crippen LogP contribution in [0.2, 0.25) is 5.02 Å². The Kier molecular flexibility index (Phi) is 5.03. The van der Waals surface area contributed by atoms with Crippen LogP contribution >= 0.6 is 27.5 Å². The summed E-state index contributed by atoms with van der Waals surface area (Å²) in [5.74, 6) is -0.205. The summed E-state index contributed by atoms with van der Waals surface area (Å²) >= 11 is 8.97. The van der Waals surface area contributed by atoms with Gasteiger partial charge in [0.1, 0.15) is 0 Å². The number of nitrogen functional groups attached to an aromatic ring is 1. The number of pyridine rings is 1. The SMILES string of the molecule is Nc1cc(NC(=O)CCn2cccc(Br)c2=O)ccc1Cl. The molecule has 1 amide bonds. The van der Waals surface area contributed by atoms with Crippen LogP contribution in [-0.4, -0.2) is 10.5 Å². The smallest absolute Gasteiger partial charge is 0.264 e. The molecule has 0 saturated carbocycles. The molecule has 3 N–H and O–H groups in total. The van der Waals surface area contributed by atoms with Gasteiger partial charge in [-0.2, -0.15) is 0 Å². The highest BCUT2D eigenvalue weighted by atomic mass is 79.9. The molecule has 0 aliphatic rings. The van der Waals surface area contributed by atoms with E-state index in [-0.39, 0.29) is 17.9 Å². The molecule has 0 unspecified atom stereocenters. The molecule has 0 spiro atoms. The number of nitrogens with one attached hydrogen (secondary N) is 1. The van der Waals surface area contributed by atoms with Crippen LogP contribution < -0.4 is 16.6 Å². The number of carbonyl (C=O) groups excluding carboxylic acids is 1. The minimum Gasteiger partial charge on any atom is -0.397 e. The maximum absolute atomic E-state index is 11.9. The van der Waals surface area contributed by atoms with Gasteiger partial charge >= 0.3 is 0 Å². The number of rotatable bonds is 4. The lowest BCUT2D eigenvalue weighted by Gasteiger charge is -2.08. The van der Waals surface area contributed by atoms with E-state index in [1.54, 1.807) is 36.5 Å². The molecule has 0 radical (unpaired) electrons. The standard InChI is InChI=1S/C14H13BrClN3O2/c15-10-2-1-6-19(14(10)21)7-5-13(20)18-9-3-4-11(16)12(17)8-9/h1-4,6,8H,5,7,17H2,(H,18,20). The van der Waals surface area contributed by atoms with Crippen molar-refractivity contribution in [3.63, 3.8) is 0 Å². The predicted octanol–water partition coefficient (Wildman–Crippen LogP) is 2.88. The lowest BCUT2D eigenvalue weighted by atomic mass is 10.2. The van der Waals surface area contributed by atoms with Crippen molar-refractivity contribution in [3.05, 3.63) is 56.4 Å². The van der Waals surface area contributed by atoms with E-state index in [2.05, 4.69) is 21.2 Å². The first-order valence-corrected chi connectivity index (χ1v) is 7.34. The van der Waals surface area contributed by atoms with Gasteiger partial charge < -0.3 is 15.6 Å². The minimum atomic E-state index is -0.205. The Morgan fingerprint density at radius 2 is 2.14 bits per heavy atom. The number of carbonyl (C=O) groups is 1. The third-order valence-corrected chi connectivity index (χ3v) is 3.78. The summed E-state index contributed by atoms with van der Waals surface area (Å²) in [6.45, 7) is 0.299. The molecule has 110 valence electrons. The van der Waals surface area contributed by atoms with Crippen molar-refractivity contribution in [3.8, 4) is 0 Å². The molecule has 0 aliphatic heterocycles. The molecule has 1 aromatic heterocycles. The van der Waals surface area contributed by atoms with E-state index in [0.717, 1.165) is 0 Å². The fourth-order valence-corrected chi connectivity index (χ4v) is 2.25. The molecule has 0 saturated heterocycles. The summed E-state index contributed by atoms with van der Waals surface area (Å²) < 4.78 is 1.94. The average Bonchev–Trinajstić information content (AvgIpc) is 2.44. The Hall–Kier alpha value is -1.79. The van der Waals surface area contributed by atoms with E-state index in [4.69, 9.17) is 17.3 Å². The quantitative estimate of drug-likeness (QED) is 0.812. The molecular formula is C14H13BrClN3O2. The van der Waals surface area contributed by atoms with Crippen LogP contribution in [0.1, 0.15) is 6.42 Å². The summed E-state index contributed by atoms with van der Waals surface area (Å²) in [6.07, 6.45) is 1.82. The Balaban J connectivity index is 1.97. The van der Waals surface area contributed by atoms with Gasteiger partial charge in [-0.25, -0.2) is 0 Å². The molecule has 2 rings (SSSR count). The molecule has 0 aliphatic carbocycles. The second-order valence-corrected chi connectivity index (χ2v) is 5.65. The summed E-state index contributed by atoms with van der Waals surface area (Å²) in [4.78, 5) is 23.6. The highest BCUT2D eigenvalue weighted by Gasteiger charge is 2.06. The van der Waals surface area contributed by atoms with Crippen LogP contribution in [0.25, 0.3) is 0 Å². The number of amides is 1. The number of halogens is 2. The lowest BCUT2D eigenvalue weighted by Crippen LogP contribution is -2.23. The zero-order valence-electron chi connectivity index (χ0n) is 11.0. The molecule has 5 nitrogen and oxygen atoms in total. The van der Waals surface area contributed by atoms with Crippen molar-refractivity contribution in [2.45, 2.75) is 13.0 Å². The molecule has 0 bridgehead atoms. The number of hydrogen-bond donors (Lipinski definition) is 2. The van der Waals surface area contributed by atoms with E-state index >= 15 is 0 Å². The van der Waals surface area contributed by atoms with Gasteiger partial charge in [-0.05, 0) is 46.3 Å². The largest absolute Gasteiger partial charge is 0.397 e. The maximum Gasteiger partial charge on any atom is 0.264 e. The van der Waals surface area contributed by atoms with Gasteiger partial charge in [0, 0.05) is 24.8 Å². The fraction of sp³-hybridized carbons (Fsp3) is 0.143. The van der Waals surface area contributed by atoms with Gasteiger partial charge in [0.05, 0.1) is 15.2 Å². The minimum absolute atomic E-state index is 0.166. The van der Waals surface area contributed by atoms with Gasteiger partial charge in [-0.15, -0.1) is 0 Å². The van der Waals surface area contributed by atoms with E-state index in [0.29, 0.717) is 27.4 Å². The van der Waals surface area contributed by atoms with Crippen molar-refractivity contribution >= 4 is 44.8 Å². The molecule has 0 atom stereocenters. The summed E-state index contributed by atoms with van der Waals surface area (Å²) in [6, 6.07) is 8.28. The van der Waals surface area contributed by atoms with E-state index < -0.39 is 0 Å². The van der Waals surface area contributed by atoms with Crippen LogP contribution in [-0.2, 0) is 11.3 Å². The topological polar surface area (TPSA) is 77.1 Å². The van der Waals surface area contributed by atoms with Gasteiger partial charge in [0.2, 0.25) is 5.91 Å². The van der Waals surface area contributed by atoms with Crippen LogP contribution in [0.5, 0.6) is 0 Å². The van der Waals surface area contributed by atoms with E-state index in [1.165, 1.54) is 4.57 Å². The highest BCUT2D eigenvalue weighted by molar-refractivity contribution is 9.10.